The van der Waals surface area contributed by atoms with E-state index in [1.165, 1.54) is 103 Å². The van der Waals surface area contributed by atoms with E-state index in [1.54, 1.807) is 0 Å². The second-order valence-electron chi connectivity index (χ2n) is 11.0. The molecule has 0 amide bonds. The van der Waals surface area contributed by atoms with E-state index in [0.29, 0.717) is 12.8 Å². The van der Waals surface area contributed by atoms with Crippen molar-refractivity contribution in [3.8, 4) is 0 Å². The maximum Gasteiger partial charge on any atom is 0.306 e. The normalized spacial score (nSPS) is 12.3. The molecule has 0 aromatic rings. The van der Waals surface area contributed by atoms with Gasteiger partial charge in [0, 0.05) is 12.8 Å². The molecule has 0 heterocycles. The van der Waals surface area contributed by atoms with Crippen molar-refractivity contribution >= 4 is 11.9 Å². The van der Waals surface area contributed by atoms with Crippen LogP contribution in [0.1, 0.15) is 181 Å². The minimum atomic E-state index is -0.727. The highest BCUT2D eigenvalue weighted by atomic mass is 16.5. The van der Waals surface area contributed by atoms with E-state index in [0.717, 1.165) is 44.9 Å². The van der Waals surface area contributed by atoms with Gasteiger partial charge in [-0.05, 0) is 64.2 Å². The molecule has 4 nitrogen and oxygen atoms in total. The smallest absolute Gasteiger partial charge is 0.306 e. The molecule has 1 atom stereocenters. The lowest BCUT2D eigenvalue weighted by molar-refractivity contribution is -0.150. The van der Waals surface area contributed by atoms with E-state index >= 15 is 0 Å². The number of unbranched alkanes of at least 4 members (excludes halogenated alkanes) is 18. The second-order valence-corrected chi connectivity index (χ2v) is 11.0. The van der Waals surface area contributed by atoms with Crippen LogP contribution in [0.2, 0.25) is 0 Å². The van der Waals surface area contributed by atoms with Gasteiger partial charge in [0.2, 0.25) is 0 Å². The third-order valence-electron chi connectivity index (χ3n) is 7.24. The number of carboxylic acids is 1. The van der Waals surface area contributed by atoms with Crippen molar-refractivity contribution < 1.29 is 19.4 Å². The Labute approximate surface area is 230 Å². The largest absolute Gasteiger partial charge is 0.481 e. The number of aliphatic carboxylic acids is 1. The van der Waals surface area contributed by atoms with Crippen LogP contribution in [-0.4, -0.2) is 23.1 Å². The minimum Gasteiger partial charge on any atom is -0.481 e. The van der Waals surface area contributed by atoms with Gasteiger partial charge in [-0.3, -0.25) is 9.59 Å². The van der Waals surface area contributed by atoms with Crippen molar-refractivity contribution in [3.63, 3.8) is 0 Å². The van der Waals surface area contributed by atoms with Crippen molar-refractivity contribution in [2.75, 3.05) is 0 Å². The van der Waals surface area contributed by atoms with E-state index in [4.69, 9.17) is 9.84 Å². The third-order valence-corrected chi connectivity index (χ3v) is 7.24. The SMILES string of the molecule is CCCCCCCC/C=C\CCCCCCCC(=O)OC(CCCCCCCC)CCCCCC(=O)O. The van der Waals surface area contributed by atoms with E-state index in [1.807, 2.05) is 0 Å². The summed E-state index contributed by atoms with van der Waals surface area (Å²) >= 11 is 0. The molecule has 0 aromatic heterocycles. The Hall–Kier alpha value is -1.32. The lowest BCUT2D eigenvalue weighted by Crippen LogP contribution is -2.18. The Bertz CT molecular complexity index is 528. The van der Waals surface area contributed by atoms with Crippen molar-refractivity contribution in [1.29, 1.82) is 0 Å². The van der Waals surface area contributed by atoms with Crippen LogP contribution < -0.4 is 0 Å². The Morgan fingerprint density at radius 3 is 1.49 bits per heavy atom. The first-order chi connectivity index (χ1) is 18.1. The monoisotopic (exact) mass is 522 g/mol. The first-order valence-corrected chi connectivity index (χ1v) is 16.2. The van der Waals surface area contributed by atoms with Crippen molar-refractivity contribution in [2.24, 2.45) is 0 Å². The molecule has 0 saturated carbocycles. The number of carboxylic acid groups (broad SMARTS) is 1. The maximum absolute atomic E-state index is 12.4. The van der Waals surface area contributed by atoms with Gasteiger partial charge in [0.15, 0.2) is 0 Å². The first-order valence-electron chi connectivity index (χ1n) is 16.2. The van der Waals surface area contributed by atoms with Gasteiger partial charge in [-0.25, -0.2) is 0 Å². The summed E-state index contributed by atoms with van der Waals surface area (Å²) in [6.45, 7) is 4.50. The topological polar surface area (TPSA) is 63.6 Å². The number of hydrogen-bond donors (Lipinski definition) is 1. The molecular weight excluding hydrogens is 460 g/mol. The Balaban J connectivity index is 3.87. The summed E-state index contributed by atoms with van der Waals surface area (Å²) in [6.07, 6.45) is 33.6. The fraction of sp³-hybridized carbons (Fsp3) is 0.879. The quantitative estimate of drug-likeness (QED) is 0.0602. The lowest BCUT2D eigenvalue weighted by Gasteiger charge is -2.18. The number of ether oxygens (including phenoxy) is 1. The van der Waals surface area contributed by atoms with Crippen LogP contribution in [0.4, 0.5) is 0 Å². The molecule has 0 aromatic carbocycles. The number of carbonyl (C=O) groups is 2. The van der Waals surface area contributed by atoms with Gasteiger partial charge >= 0.3 is 11.9 Å². The van der Waals surface area contributed by atoms with Gasteiger partial charge in [-0.2, -0.15) is 0 Å². The zero-order valence-corrected chi connectivity index (χ0v) is 24.8. The predicted molar refractivity (Wildman–Crippen MR) is 158 cm³/mol. The first kappa shape index (κ1) is 35.7. The molecule has 0 spiro atoms. The number of hydrogen-bond acceptors (Lipinski definition) is 3. The highest BCUT2D eigenvalue weighted by Crippen LogP contribution is 2.18. The van der Waals surface area contributed by atoms with Crippen LogP contribution in [0.5, 0.6) is 0 Å². The highest BCUT2D eigenvalue weighted by Gasteiger charge is 2.14. The number of esters is 1. The van der Waals surface area contributed by atoms with E-state index in [2.05, 4.69) is 26.0 Å². The van der Waals surface area contributed by atoms with Gasteiger partial charge < -0.3 is 9.84 Å². The van der Waals surface area contributed by atoms with Crippen LogP contribution in [0, 0.1) is 0 Å². The second kappa shape index (κ2) is 29.2. The van der Waals surface area contributed by atoms with Gasteiger partial charge in [-0.15, -0.1) is 0 Å². The van der Waals surface area contributed by atoms with Gasteiger partial charge in [-0.1, -0.05) is 116 Å². The van der Waals surface area contributed by atoms with Crippen molar-refractivity contribution in [2.45, 2.75) is 187 Å². The van der Waals surface area contributed by atoms with E-state index in [-0.39, 0.29) is 18.5 Å². The molecule has 0 aliphatic heterocycles. The van der Waals surface area contributed by atoms with Gasteiger partial charge in [0.25, 0.3) is 0 Å². The molecule has 1 unspecified atom stereocenters. The molecule has 0 aliphatic carbocycles. The average molecular weight is 523 g/mol. The molecule has 0 aliphatic rings. The van der Waals surface area contributed by atoms with Gasteiger partial charge in [0.05, 0.1) is 0 Å². The van der Waals surface area contributed by atoms with Crippen molar-refractivity contribution in [3.05, 3.63) is 12.2 Å². The summed E-state index contributed by atoms with van der Waals surface area (Å²) in [5.74, 6) is -0.769. The molecule has 0 saturated heterocycles. The highest BCUT2D eigenvalue weighted by molar-refractivity contribution is 5.69. The average Bonchev–Trinajstić information content (AvgIpc) is 2.87. The summed E-state index contributed by atoms with van der Waals surface area (Å²) in [7, 11) is 0. The molecule has 37 heavy (non-hydrogen) atoms. The van der Waals surface area contributed by atoms with Crippen LogP contribution in [0.25, 0.3) is 0 Å². The summed E-state index contributed by atoms with van der Waals surface area (Å²) in [4.78, 5) is 23.1. The van der Waals surface area contributed by atoms with Crippen LogP contribution >= 0.6 is 0 Å². The maximum atomic E-state index is 12.4. The molecule has 0 bridgehead atoms. The Morgan fingerprint density at radius 2 is 0.973 bits per heavy atom. The standard InChI is InChI=1S/C33H62O4/c1-3-5-7-9-11-12-13-14-15-16-17-18-19-21-26-30-33(36)37-31(27-23-20-10-8-6-4-2)28-24-22-25-29-32(34)35/h14-15,31H,3-13,16-30H2,1-2H3,(H,34,35)/b15-14-. The molecule has 0 fully saturated rings. The molecule has 218 valence electrons. The summed E-state index contributed by atoms with van der Waals surface area (Å²) in [6, 6.07) is 0. The van der Waals surface area contributed by atoms with Crippen LogP contribution in [-0.2, 0) is 14.3 Å². The number of carbonyl (C=O) groups excluding carboxylic acids is 1. The molecular formula is C33H62O4. The zero-order chi connectivity index (χ0) is 27.2. The molecule has 0 rings (SSSR count). The summed E-state index contributed by atoms with van der Waals surface area (Å²) in [5.41, 5.74) is 0. The summed E-state index contributed by atoms with van der Waals surface area (Å²) in [5, 5.41) is 8.80. The van der Waals surface area contributed by atoms with Crippen LogP contribution in [0.15, 0.2) is 12.2 Å². The molecule has 1 N–H and O–H groups in total. The van der Waals surface area contributed by atoms with E-state index < -0.39 is 5.97 Å². The molecule has 0 radical (unpaired) electrons. The van der Waals surface area contributed by atoms with E-state index in [9.17, 15) is 9.59 Å². The minimum absolute atomic E-state index is 0.00614. The number of rotatable bonds is 29. The Kier molecular flexibility index (Phi) is 28.2. The van der Waals surface area contributed by atoms with Crippen molar-refractivity contribution in [1.82, 2.24) is 0 Å². The Morgan fingerprint density at radius 1 is 0.568 bits per heavy atom. The summed E-state index contributed by atoms with van der Waals surface area (Å²) < 4.78 is 5.86. The molecule has 4 heteroatoms. The fourth-order valence-corrected chi connectivity index (χ4v) is 4.82. The third kappa shape index (κ3) is 29.1. The van der Waals surface area contributed by atoms with Crippen LogP contribution in [0.3, 0.4) is 0 Å². The number of allylic oxidation sites excluding steroid dienone is 2. The fourth-order valence-electron chi connectivity index (χ4n) is 4.82. The zero-order valence-electron chi connectivity index (χ0n) is 24.8. The van der Waals surface area contributed by atoms with Gasteiger partial charge in [0.1, 0.15) is 6.10 Å². The predicted octanol–water partition coefficient (Wildman–Crippen LogP) is 10.7. The lowest BCUT2D eigenvalue weighted by atomic mass is 10.0.